The molecule has 8 heteroatoms. The molecule has 116 valence electrons. The lowest BCUT2D eigenvalue weighted by Crippen LogP contribution is -1.99. The standard InChI is InChI=1S/C14H12N4OS.2ClH/c1-19-11-6-5-10(14-16-8-9-20-14)17-13(11)18-12-4-2-3-7-15-12;;/h2-9H,1H3,(H,15,17,18);2*1H. The summed E-state index contributed by atoms with van der Waals surface area (Å²) in [5, 5.41) is 5.95. The molecule has 0 spiro atoms. The van der Waals surface area contributed by atoms with E-state index in [2.05, 4.69) is 20.3 Å². The van der Waals surface area contributed by atoms with E-state index in [0.717, 1.165) is 16.5 Å². The number of thiazole rings is 1. The van der Waals surface area contributed by atoms with E-state index in [4.69, 9.17) is 4.74 Å². The van der Waals surface area contributed by atoms with Crippen molar-refractivity contribution >= 4 is 47.8 Å². The average molecular weight is 357 g/mol. The van der Waals surface area contributed by atoms with Crippen molar-refractivity contribution in [1.29, 1.82) is 0 Å². The van der Waals surface area contributed by atoms with Gasteiger partial charge in [0.05, 0.1) is 7.11 Å². The summed E-state index contributed by atoms with van der Waals surface area (Å²) in [4.78, 5) is 13.0. The summed E-state index contributed by atoms with van der Waals surface area (Å²) in [5.41, 5.74) is 0.805. The highest BCUT2D eigenvalue weighted by molar-refractivity contribution is 7.13. The van der Waals surface area contributed by atoms with Crippen LogP contribution in [0.3, 0.4) is 0 Å². The number of methoxy groups -OCH3 is 1. The van der Waals surface area contributed by atoms with Crippen LogP contribution in [0.15, 0.2) is 48.1 Å². The Balaban J connectivity index is 0.00000121. The average Bonchev–Trinajstić information content (AvgIpc) is 3.02. The molecule has 22 heavy (non-hydrogen) atoms. The Kier molecular flexibility index (Phi) is 7.04. The van der Waals surface area contributed by atoms with E-state index in [1.54, 1.807) is 30.8 Å². The summed E-state index contributed by atoms with van der Waals surface area (Å²) in [6.45, 7) is 0. The summed E-state index contributed by atoms with van der Waals surface area (Å²) in [6, 6.07) is 9.40. The SMILES string of the molecule is COc1ccc(-c2nccs2)nc1Nc1ccccn1.Cl.Cl. The van der Waals surface area contributed by atoms with E-state index in [-0.39, 0.29) is 24.8 Å². The van der Waals surface area contributed by atoms with E-state index < -0.39 is 0 Å². The molecule has 0 unspecified atom stereocenters. The van der Waals surface area contributed by atoms with Crippen LogP contribution in [0.5, 0.6) is 5.75 Å². The van der Waals surface area contributed by atoms with Gasteiger partial charge in [0.2, 0.25) is 0 Å². The number of aromatic nitrogens is 3. The van der Waals surface area contributed by atoms with Gasteiger partial charge in [0.15, 0.2) is 11.6 Å². The fourth-order valence-electron chi connectivity index (χ4n) is 1.73. The number of halogens is 2. The highest BCUT2D eigenvalue weighted by atomic mass is 35.5. The van der Waals surface area contributed by atoms with Crippen LogP contribution in [0.2, 0.25) is 0 Å². The first-order chi connectivity index (χ1) is 9.86. The Morgan fingerprint density at radius 2 is 1.91 bits per heavy atom. The van der Waals surface area contributed by atoms with Gasteiger partial charge in [-0.2, -0.15) is 0 Å². The molecule has 0 atom stereocenters. The minimum atomic E-state index is 0. The number of rotatable bonds is 4. The van der Waals surface area contributed by atoms with Crippen molar-refractivity contribution in [1.82, 2.24) is 15.0 Å². The first-order valence-corrected chi connectivity index (χ1v) is 6.88. The Labute approximate surface area is 144 Å². The number of nitrogens with one attached hydrogen (secondary N) is 1. The molecule has 3 aromatic rings. The lowest BCUT2D eigenvalue weighted by molar-refractivity contribution is 0.415. The molecule has 0 aliphatic rings. The zero-order chi connectivity index (χ0) is 13.8. The predicted octanol–water partition coefficient (Wildman–Crippen LogP) is 4.20. The summed E-state index contributed by atoms with van der Waals surface area (Å²) >= 11 is 1.55. The molecular weight excluding hydrogens is 343 g/mol. The first-order valence-electron chi connectivity index (χ1n) is 6.00. The third-order valence-corrected chi connectivity index (χ3v) is 3.44. The van der Waals surface area contributed by atoms with Gasteiger partial charge in [-0.15, -0.1) is 36.2 Å². The second-order valence-corrected chi connectivity index (χ2v) is 4.82. The summed E-state index contributed by atoms with van der Waals surface area (Å²) < 4.78 is 5.32. The number of hydrogen-bond donors (Lipinski definition) is 1. The molecule has 3 aromatic heterocycles. The lowest BCUT2D eigenvalue weighted by atomic mass is 10.3. The van der Waals surface area contributed by atoms with Crippen LogP contribution in [-0.4, -0.2) is 22.1 Å². The zero-order valence-electron chi connectivity index (χ0n) is 11.6. The Morgan fingerprint density at radius 3 is 2.55 bits per heavy atom. The number of anilines is 2. The largest absolute Gasteiger partial charge is 0.493 e. The maximum Gasteiger partial charge on any atom is 0.175 e. The molecular formula is C14H14Cl2N4OS. The Bertz CT molecular complexity index is 695. The van der Waals surface area contributed by atoms with Gasteiger partial charge in [-0.3, -0.25) is 0 Å². The molecule has 0 saturated carbocycles. The van der Waals surface area contributed by atoms with Gasteiger partial charge in [-0.25, -0.2) is 15.0 Å². The van der Waals surface area contributed by atoms with E-state index in [1.807, 2.05) is 35.7 Å². The quantitative estimate of drug-likeness (QED) is 0.759. The lowest BCUT2D eigenvalue weighted by Gasteiger charge is -2.10. The molecule has 0 aromatic carbocycles. The highest BCUT2D eigenvalue weighted by Gasteiger charge is 2.10. The topological polar surface area (TPSA) is 59.9 Å². The fourth-order valence-corrected chi connectivity index (χ4v) is 2.33. The van der Waals surface area contributed by atoms with Crippen molar-refractivity contribution in [3.8, 4) is 16.5 Å². The van der Waals surface area contributed by atoms with E-state index in [1.165, 1.54) is 0 Å². The van der Waals surface area contributed by atoms with Crippen molar-refractivity contribution in [3.05, 3.63) is 48.1 Å². The third kappa shape index (κ3) is 4.07. The van der Waals surface area contributed by atoms with Crippen LogP contribution >= 0.6 is 36.2 Å². The second kappa shape index (κ2) is 8.53. The molecule has 1 N–H and O–H groups in total. The highest BCUT2D eigenvalue weighted by Crippen LogP contribution is 2.29. The van der Waals surface area contributed by atoms with Crippen molar-refractivity contribution in [2.24, 2.45) is 0 Å². The van der Waals surface area contributed by atoms with Crippen LogP contribution in [0, 0.1) is 0 Å². The zero-order valence-corrected chi connectivity index (χ0v) is 14.0. The molecule has 0 fully saturated rings. The fraction of sp³-hybridized carbons (Fsp3) is 0.0714. The third-order valence-electron chi connectivity index (χ3n) is 2.64. The van der Waals surface area contributed by atoms with E-state index >= 15 is 0 Å². The van der Waals surface area contributed by atoms with Crippen LogP contribution in [-0.2, 0) is 0 Å². The van der Waals surface area contributed by atoms with E-state index in [9.17, 15) is 0 Å². The van der Waals surface area contributed by atoms with Gasteiger partial charge >= 0.3 is 0 Å². The van der Waals surface area contributed by atoms with Crippen molar-refractivity contribution in [2.75, 3.05) is 12.4 Å². The molecule has 3 heterocycles. The molecule has 0 amide bonds. The minimum absolute atomic E-state index is 0. The van der Waals surface area contributed by atoms with Gasteiger partial charge in [0.25, 0.3) is 0 Å². The maximum atomic E-state index is 5.32. The van der Waals surface area contributed by atoms with Gasteiger partial charge in [-0.1, -0.05) is 6.07 Å². The van der Waals surface area contributed by atoms with Crippen molar-refractivity contribution in [3.63, 3.8) is 0 Å². The molecule has 0 bridgehead atoms. The molecule has 0 aliphatic heterocycles. The number of ether oxygens (including phenoxy) is 1. The van der Waals surface area contributed by atoms with Crippen LogP contribution in [0.25, 0.3) is 10.7 Å². The number of hydrogen-bond acceptors (Lipinski definition) is 6. The van der Waals surface area contributed by atoms with Crippen LogP contribution in [0.4, 0.5) is 11.6 Å². The maximum absolute atomic E-state index is 5.32. The number of pyridine rings is 2. The molecule has 0 saturated heterocycles. The molecule has 0 radical (unpaired) electrons. The second-order valence-electron chi connectivity index (χ2n) is 3.92. The van der Waals surface area contributed by atoms with Gasteiger partial charge in [-0.05, 0) is 24.3 Å². The predicted molar refractivity (Wildman–Crippen MR) is 93.9 cm³/mol. The Hall–Kier alpha value is -1.89. The summed E-state index contributed by atoms with van der Waals surface area (Å²) in [6.07, 6.45) is 3.48. The Morgan fingerprint density at radius 1 is 1.05 bits per heavy atom. The minimum Gasteiger partial charge on any atom is -0.493 e. The van der Waals surface area contributed by atoms with E-state index in [0.29, 0.717) is 11.6 Å². The normalized spacial score (nSPS) is 9.32. The summed E-state index contributed by atoms with van der Waals surface area (Å²) in [7, 11) is 1.61. The van der Waals surface area contributed by atoms with Crippen LogP contribution < -0.4 is 10.1 Å². The van der Waals surface area contributed by atoms with Crippen LogP contribution in [0.1, 0.15) is 0 Å². The van der Waals surface area contributed by atoms with Crippen molar-refractivity contribution < 1.29 is 4.74 Å². The first kappa shape index (κ1) is 18.2. The molecule has 0 aliphatic carbocycles. The molecule has 5 nitrogen and oxygen atoms in total. The smallest absolute Gasteiger partial charge is 0.175 e. The van der Waals surface area contributed by atoms with Gasteiger partial charge < -0.3 is 10.1 Å². The van der Waals surface area contributed by atoms with Gasteiger partial charge in [0.1, 0.15) is 16.5 Å². The van der Waals surface area contributed by atoms with Crippen molar-refractivity contribution in [2.45, 2.75) is 0 Å². The monoisotopic (exact) mass is 356 g/mol. The summed E-state index contributed by atoms with van der Waals surface area (Å²) in [5.74, 6) is 2.00. The number of nitrogens with zero attached hydrogens (tertiary/aromatic N) is 3. The molecule has 3 rings (SSSR count). The van der Waals surface area contributed by atoms with Gasteiger partial charge in [0, 0.05) is 17.8 Å².